The molecule has 2 N–H and O–H groups in total. The SMILES string of the molecule is Cc1nc(CN2CCC(c3cccc4c3O[C@@](C)(c3ccc(Cl)cc3F)O4)CC2)n(C[C@@H]2CCO2)c1C(=O)NCC(=O)O. The fourth-order valence-electron chi connectivity index (χ4n) is 6.15. The van der Waals surface area contributed by atoms with Gasteiger partial charge in [0, 0.05) is 24.1 Å². The van der Waals surface area contributed by atoms with Crippen LogP contribution in [0.15, 0.2) is 36.4 Å². The Morgan fingerprint density at radius 1 is 1.19 bits per heavy atom. The van der Waals surface area contributed by atoms with Crippen LogP contribution in [0.1, 0.15) is 65.2 Å². The van der Waals surface area contributed by atoms with Crippen LogP contribution in [-0.2, 0) is 28.4 Å². The lowest BCUT2D eigenvalue weighted by Gasteiger charge is -2.33. The minimum absolute atomic E-state index is 0.00135. The molecule has 0 unspecified atom stereocenters. The van der Waals surface area contributed by atoms with Gasteiger partial charge < -0.3 is 29.2 Å². The number of carboxylic acids is 1. The topological polar surface area (TPSA) is 115 Å². The van der Waals surface area contributed by atoms with Gasteiger partial charge in [-0.15, -0.1) is 0 Å². The number of rotatable bonds is 9. The highest BCUT2D eigenvalue weighted by Crippen LogP contribution is 2.49. The Balaban J connectivity index is 1.15. The molecule has 3 aliphatic heterocycles. The third-order valence-electron chi connectivity index (χ3n) is 8.44. The van der Waals surface area contributed by atoms with Gasteiger partial charge in [0.1, 0.15) is 23.9 Å². The number of nitrogens with one attached hydrogen (secondary N) is 1. The van der Waals surface area contributed by atoms with Gasteiger partial charge in [-0.1, -0.05) is 23.7 Å². The lowest BCUT2D eigenvalue weighted by atomic mass is 9.88. The number of halogens is 2. The molecular formula is C31H34ClFN4O6. The van der Waals surface area contributed by atoms with Crippen LogP contribution in [0.4, 0.5) is 4.39 Å². The molecule has 2 atom stereocenters. The molecule has 43 heavy (non-hydrogen) atoms. The molecule has 1 amide bonds. The van der Waals surface area contributed by atoms with Gasteiger partial charge in [-0.3, -0.25) is 14.5 Å². The van der Waals surface area contributed by atoms with E-state index in [2.05, 4.69) is 10.2 Å². The molecule has 2 saturated heterocycles. The summed E-state index contributed by atoms with van der Waals surface area (Å²) in [5.74, 6) is -1.16. The average Bonchev–Trinajstić information content (AvgIpc) is 3.45. The number of imidazole rings is 1. The predicted octanol–water partition coefficient (Wildman–Crippen LogP) is 4.61. The van der Waals surface area contributed by atoms with Crippen molar-refractivity contribution < 1.29 is 33.3 Å². The quantitative estimate of drug-likeness (QED) is 0.360. The van der Waals surface area contributed by atoms with Crippen molar-refractivity contribution in [2.24, 2.45) is 0 Å². The van der Waals surface area contributed by atoms with Crippen LogP contribution < -0.4 is 14.8 Å². The minimum Gasteiger partial charge on any atom is -0.480 e. The van der Waals surface area contributed by atoms with Crippen molar-refractivity contribution in [2.45, 2.75) is 64.0 Å². The van der Waals surface area contributed by atoms with Crippen LogP contribution >= 0.6 is 11.6 Å². The Labute approximate surface area is 253 Å². The monoisotopic (exact) mass is 612 g/mol. The van der Waals surface area contributed by atoms with Crippen LogP contribution in [-0.4, -0.2) is 63.8 Å². The van der Waals surface area contributed by atoms with Crippen molar-refractivity contribution in [1.29, 1.82) is 0 Å². The molecule has 10 nitrogen and oxygen atoms in total. The molecule has 2 aromatic carbocycles. The molecule has 0 spiro atoms. The second-order valence-electron chi connectivity index (χ2n) is 11.4. The fraction of sp³-hybridized carbons (Fsp3) is 0.452. The van der Waals surface area contributed by atoms with Crippen LogP contribution in [0.3, 0.4) is 0 Å². The molecular weight excluding hydrogens is 579 g/mol. The van der Waals surface area contributed by atoms with E-state index in [-0.39, 0.29) is 17.6 Å². The van der Waals surface area contributed by atoms with Gasteiger partial charge >= 0.3 is 5.97 Å². The van der Waals surface area contributed by atoms with Crippen molar-refractivity contribution in [1.82, 2.24) is 19.8 Å². The number of hydrogen-bond acceptors (Lipinski definition) is 7. The minimum atomic E-state index is -1.30. The van der Waals surface area contributed by atoms with Crippen molar-refractivity contribution in [3.63, 3.8) is 0 Å². The van der Waals surface area contributed by atoms with E-state index in [4.69, 9.17) is 35.9 Å². The molecule has 2 fully saturated rings. The third-order valence-corrected chi connectivity index (χ3v) is 8.67. The van der Waals surface area contributed by atoms with E-state index in [1.54, 1.807) is 26.0 Å². The van der Waals surface area contributed by atoms with E-state index in [1.807, 2.05) is 22.8 Å². The van der Waals surface area contributed by atoms with Crippen molar-refractivity contribution in [3.8, 4) is 11.5 Å². The molecule has 0 bridgehead atoms. The molecule has 3 aliphatic rings. The van der Waals surface area contributed by atoms with Gasteiger partial charge in [-0.25, -0.2) is 9.37 Å². The maximum Gasteiger partial charge on any atom is 0.322 e. The molecule has 1 aromatic heterocycles. The normalized spacial score (nSPS) is 21.9. The van der Waals surface area contributed by atoms with E-state index in [9.17, 15) is 14.0 Å². The Morgan fingerprint density at radius 2 is 1.95 bits per heavy atom. The number of carbonyl (C=O) groups excluding carboxylic acids is 1. The number of likely N-dealkylation sites (tertiary alicyclic amines) is 1. The van der Waals surface area contributed by atoms with Crippen LogP contribution in [0.5, 0.6) is 11.5 Å². The summed E-state index contributed by atoms with van der Waals surface area (Å²) in [4.78, 5) is 31.0. The van der Waals surface area contributed by atoms with Crippen LogP contribution in [0.25, 0.3) is 0 Å². The Hall–Kier alpha value is -3.67. The first-order valence-electron chi connectivity index (χ1n) is 14.5. The van der Waals surface area contributed by atoms with E-state index < -0.39 is 30.0 Å². The van der Waals surface area contributed by atoms with E-state index >= 15 is 0 Å². The second kappa shape index (κ2) is 11.8. The number of piperidine rings is 1. The zero-order chi connectivity index (χ0) is 30.3. The largest absolute Gasteiger partial charge is 0.480 e. The molecule has 0 aliphatic carbocycles. The first kappa shape index (κ1) is 29.4. The Bertz CT molecular complexity index is 1550. The van der Waals surface area contributed by atoms with Crippen LogP contribution in [0.2, 0.25) is 5.02 Å². The summed E-state index contributed by atoms with van der Waals surface area (Å²) in [6.07, 6.45) is 2.63. The summed E-state index contributed by atoms with van der Waals surface area (Å²) in [5, 5.41) is 11.8. The van der Waals surface area contributed by atoms with Crippen molar-refractivity contribution >= 4 is 23.5 Å². The highest BCUT2D eigenvalue weighted by molar-refractivity contribution is 6.30. The van der Waals surface area contributed by atoms with E-state index in [0.717, 1.165) is 43.7 Å². The highest BCUT2D eigenvalue weighted by atomic mass is 35.5. The average molecular weight is 613 g/mol. The number of aryl methyl sites for hydroxylation is 1. The number of para-hydroxylation sites is 1. The maximum atomic E-state index is 14.8. The number of aromatic nitrogens is 2. The summed E-state index contributed by atoms with van der Waals surface area (Å²) in [6.45, 7) is 6.34. The molecule has 3 aromatic rings. The number of ether oxygens (including phenoxy) is 3. The second-order valence-corrected chi connectivity index (χ2v) is 11.9. The molecule has 228 valence electrons. The first-order valence-corrected chi connectivity index (χ1v) is 14.9. The summed E-state index contributed by atoms with van der Waals surface area (Å²) in [7, 11) is 0. The van der Waals surface area contributed by atoms with Gasteiger partial charge in [-0.05, 0) is 69.5 Å². The summed E-state index contributed by atoms with van der Waals surface area (Å²) >= 11 is 5.96. The zero-order valence-corrected chi connectivity index (χ0v) is 24.8. The Kier molecular flexibility index (Phi) is 8.06. The zero-order valence-electron chi connectivity index (χ0n) is 24.1. The van der Waals surface area contributed by atoms with Crippen LogP contribution in [0, 0.1) is 12.7 Å². The number of nitrogens with zero attached hydrogens (tertiary/aromatic N) is 3. The molecule has 12 heteroatoms. The number of benzene rings is 2. The number of fused-ring (bicyclic) bond motifs is 1. The molecule has 0 radical (unpaired) electrons. The molecule has 6 rings (SSSR count). The number of aliphatic carboxylic acids is 1. The first-order chi connectivity index (χ1) is 20.6. The lowest BCUT2D eigenvalue weighted by Crippen LogP contribution is -2.37. The maximum absolute atomic E-state index is 14.8. The predicted molar refractivity (Wildman–Crippen MR) is 155 cm³/mol. The van der Waals surface area contributed by atoms with Gasteiger partial charge in [0.15, 0.2) is 11.5 Å². The smallest absolute Gasteiger partial charge is 0.322 e. The van der Waals surface area contributed by atoms with Gasteiger partial charge in [0.25, 0.3) is 11.7 Å². The van der Waals surface area contributed by atoms with Gasteiger partial charge in [0.2, 0.25) is 0 Å². The third kappa shape index (κ3) is 5.93. The lowest BCUT2D eigenvalue weighted by molar-refractivity contribution is -0.135. The summed E-state index contributed by atoms with van der Waals surface area (Å²) < 4.78 is 34.8. The van der Waals surface area contributed by atoms with E-state index in [1.165, 1.54) is 6.07 Å². The summed E-state index contributed by atoms with van der Waals surface area (Å²) in [5.41, 5.74) is 2.25. The van der Waals surface area contributed by atoms with Crippen molar-refractivity contribution in [2.75, 3.05) is 26.2 Å². The highest BCUT2D eigenvalue weighted by Gasteiger charge is 2.43. The molecule has 4 heterocycles. The standard InChI is InChI=1S/C31H34ClFN4O6/c1-18-28(30(40)34-15-27(38)39)37(16-21-10-13-41-21)26(35-18)17-36-11-8-19(9-12-36)22-4-3-5-25-29(22)43-31(2,42-25)23-7-6-20(32)14-24(23)33/h3-7,14,19,21H,8-13,15-17H2,1-2H3,(H,34,40)(H,38,39)/t21-,31-/m0/s1. The van der Waals surface area contributed by atoms with Gasteiger partial charge in [-0.2, -0.15) is 0 Å². The Morgan fingerprint density at radius 3 is 2.63 bits per heavy atom. The van der Waals surface area contributed by atoms with Crippen molar-refractivity contribution in [3.05, 3.63) is 75.6 Å². The fourth-order valence-corrected chi connectivity index (χ4v) is 6.31. The number of amides is 1. The van der Waals surface area contributed by atoms with E-state index in [0.29, 0.717) is 47.6 Å². The number of hydrogen-bond donors (Lipinski definition) is 2. The number of carbonyl (C=O) groups is 2. The summed E-state index contributed by atoms with van der Waals surface area (Å²) in [6, 6.07) is 10.3. The van der Waals surface area contributed by atoms with Gasteiger partial charge in [0.05, 0.1) is 30.5 Å². The number of carboxylic acid groups (broad SMARTS) is 1. The molecule has 0 saturated carbocycles.